The molecule has 0 aliphatic carbocycles. The van der Waals surface area contributed by atoms with Crippen molar-refractivity contribution in [3.05, 3.63) is 24.3 Å². The fourth-order valence-electron chi connectivity index (χ4n) is 6.39. The first-order chi connectivity index (χ1) is 24.5. The quantitative estimate of drug-likeness (QED) is 0.0375. The molecule has 0 heterocycles. The van der Waals surface area contributed by atoms with E-state index in [2.05, 4.69) is 38.2 Å². The van der Waals surface area contributed by atoms with Crippen LogP contribution in [0.25, 0.3) is 0 Å². The summed E-state index contributed by atoms with van der Waals surface area (Å²) in [4.78, 5) is 24.6. The Balaban J connectivity index is 3.84. The van der Waals surface area contributed by atoms with Crippen LogP contribution >= 0.6 is 0 Å². The Morgan fingerprint density at radius 2 is 0.780 bits per heavy atom. The number of esters is 2. The lowest BCUT2D eigenvalue weighted by Gasteiger charge is -2.29. The van der Waals surface area contributed by atoms with Crippen LogP contribution in [0.2, 0.25) is 0 Å². The molecule has 0 atom stereocenters. The summed E-state index contributed by atoms with van der Waals surface area (Å²) in [5.41, 5.74) is 11.9. The fourth-order valence-corrected chi connectivity index (χ4v) is 6.39. The Morgan fingerprint density at radius 1 is 0.460 bits per heavy atom. The first-order valence-electron chi connectivity index (χ1n) is 21.6. The third-order valence-corrected chi connectivity index (χ3v) is 9.89. The first kappa shape index (κ1) is 48.3. The van der Waals surface area contributed by atoms with Gasteiger partial charge in [-0.25, -0.2) is 0 Å². The van der Waals surface area contributed by atoms with Gasteiger partial charge in [0.05, 0.1) is 13.2 Å². The standard InChI is InChI=1S/C44H84N2O4/c1-3-5-7-9-11-13-15-17-19-21-23-25-27-29-31-34-42(47)49-40-37-44(46,36-33-39-45)38-41-50-43(48)35-32-30-28-26-24-22-20-18-16-14-12-10-8-6-4-2/h17-20H,3-16,21-41,45-46H2,1-2H3. The number of rotatable bonds is 39. The van der Waals surface area contributed by atoms with Crippen molar-refractivity contribution in [2.45, 2.75) is 225 Å². The van der Waals surface area contributed by atoms with Crippen LogP contribution in [-0.2, 0) is 19.1 Å². The van der Waals surface area contributed by atoms with Crippen molar-refractivity contribution in [1.29, 1.82) is 0 Å². The SMILES string of the molecule is CCCCCCCCC=CCCCCCCCC(=O)OCCC(N)(CCCN)CCOC(=O)CCCCCCCC=CCCCCCCCC. The van der Waals surface area contributed by atoms with Crippen molar-refractivity contribution in [1.82, 2.24) is 0 Å². The van der Waals surface area contributed by atoms with Gasteiger partial charge in [0.2, 0.25) is 0 Å². The van der Waals surface area contributed by atoms with E-state index < -0.39 is 5.54 Å². The summed E-state index contributed by atoms with van der Waals surface area (Å²) in [5, 5.41) is 0. The first-order valence-corrected chi connectivity index (χ1v) is 21.6. The normalized spacial score (nSPS) is 13.0. The van der Waals surface area contributed by atoms with E-state index in [0.717, 1.165) is 38.5 Å². The largest absolute Gasteiger partial charge is 0.466 e. The Labute approximate surface area is 310 Å². The summed E-state index contributed by atoms with van der Waals surface area (Å²) < 4.78 is 11.1. The van der Waals surface area contributed by atoms with Crippen LogP contribution in [0.4, 0.5) is 0 Å². The van der Waals surface area contributed by atoms with E-state index >= 15 is 0 Å². The summed E-state index contributed by atoms with van der Waals surface area (Å²) in [7, 11) is 0. The lowest BCUT2D eigenvalue weighted by molar-refractivity contribution is -0.144. The highest BCUT2D eigenvalue weighted by Gasteiger charge is 2.25. The van der Waals surface area contributed by atoms with Crippen molar-refractivity contribution in [3.63, 3.8) is 0 Å². The summed E-state index contributed by atoms with van der Waals surface area (Å²) in [6.07, 6.45) is 45.1. The molecule has 0 aromatic heterocycles. The number of nitrogens with two attached hydrogens (primary N) is 2. The van der Waals surface area contributed by atoms with Gasteiger partial charge in [0, 0.05) is 18.4 Å². The molecular weight excluding hydrogens is 620 g/mol. The summed E-state index contributed by atoms with van der Waals surface area (Å²) in [6, 6.07) is 0. The summed E-state index contributed by atoms with van der Waals surface area (Å²) in [5.74, 6) is -0.287. The molecule has 0 amide bonds. The lowest BCUT2D eigenvalue weighted by atomic mass is 9.88. The molecule has 0 radical (unpaired) electrons. The molecule has 0 aromatic carbocycles. The number of ether oxygens (including phenoxy) is 2. The second kappa shape index (κ2) is 38.6. The Morgan fingerprint density at radius 3 is 1.12 bits per heavy atom. The molecule has 294 valence electrons. The third-order valence-electron chi connectivity index (χ3n) is 9.89. The monoisotopic (exact) mass is 705 g/mol. The van der Waals surface area contributed by atoms with E-state index in [1.165, 1.54) is 141 Å². The fraction of sp³-hybridized carbons (Fsp3) is 0.864. The van der Waals surface area contributed by atoms with Gasteiger partial charge < -0.3 is 20.9 Å². The van der Waals surface area contributed by atoms with Gasteiger partial charge in [-0.2, -0.15) is 0 Å². The van der Waals surface area contributed by atoms with E-state index in [9.17, 15) is 9.59 Å². The number of carbonyl (C=O) groups excluding carboxylic acids is 2. The van der Waals surface area contributed by atoms with Crippen molar-refractivity contribution in [2.24, 2.45) is 11.5 Å². The number of unbranched alkanes of at least 4 members (excludes halogenated alkanes) is 22. The zero-order valence-corrected chi connectivity index (χ0v) is 33.3. The highest BCUT2D eigenvalue weighted by molar-refractivity contribution is 5.69. The second-order valence-corrected chi connectivity index (χ2v) is 14.9. The van der Waals surface area contributed by atoms with E-state index in [1.54, 1.807) is 0 Å². The predicted molar refractivity (Wildman–Crippen MR) is 215 cm³/mol. The highest BCUT2D eigenvalue weighted by Crippen LogP contribution is 2.20. The van der Waals surface area contributed by atoms with Gasteiger partial charge in [0.1, 0.15) is 0 Å². The van der Waals surface area contributed by atoms with Crippen molar-refractivity contribution < 1.29 is 19.1 Å². The molecule has 0 saturated heterocycles. The Kier molecular flexibility index (Phi) is 37.3. The predicted octanol–water partition coefficient (Wildman–Crippen LogP) is 12.4. The topological polar surface area (TPSA) is 105 Å². The van der Waals surface area contributed by atoms with Crippen molar-refractivity contribution in [2.75, 3.05) is 19.8 Å². The van der Waals surface area contributed by atoms with Gasteiger partial charge in [-0.05, 0) is 96.4 Å². The van der Waals surface area contributed by atoms with Crippen molar-refractivity contribution in [3.8, 4) is 0 Å². The maximum Gasteiger partial charge on any atom is 0.305 e. The molecule has 6 nitrogen and oxygen atoms in total. The number of hydrogen-bond acceptors (Lipinski definition) is 6. The van der Waals surface area contributed by atoms with Crippen LogP contribution < -0.4 is 11.5 Å². The molecule has 0 aromatic rings. The molecule has 6 heteroatoms. The van der Waals surface area contributed by atoms with Gasteiger partial charge in [-0.3, -0.25) is 9.59 Å². The Bertz CT molecular complexity index is 739. The molecule has 0 unspecified atom stereocenters. The van der Waals surface area contributed by atoms with Gasteiger partial charge in [0.25, 0.3) is 0 Å². The molecule has 4 N–H and O–H groups in total. The molecule has 50 heavy (non-hydrogen) atoms. The van der Waals surface area contributed by atoms with Crippen LogP contribution in [-0.4, -0.2) is 37.2 Å². The molecular formula is C44H84N2O4. The molecule has 0 saturated carbocycles. The minimum Gasteiger partial charge on any atom is -0.466 e. The van der Waals surface area contributed by atoms with Gasteiger partial charge >= 0.3 is 11.9 Å². The maximum absolute atomic E-state index is 12.3. The molecule has 0 spiro atoms. The zero-order valence-electron chi connectivity index (χ0n) is 33.3. The molecule has 0 bridgehead atoms. The smallest absolute Gasteiger partial charge is 0.305 e. The number of hydrogen-bond donors (Lipinski definition) is 2. The zero-order chi connectivity index (χ0) is 36.6. The van der Waals surface area contributed by atoms with Crippen LogP contribution in [0.1, 0.15) is 219 Å². The number of allylic oxidation sites excluding steroid dienone is 4. The average molecular weight is 705 g/mol. The minimum absolute atomic E-state index is 0.143. The average Bonchev–Trinajstić information content (AvgIpc) is 3.10. The molecule has 0 aliphatic heterocycles. The van der Waals surface area contributed by atoms with Crippen LogP contribution in [0.3, 0.4) is 0 Å². The van der Waals surface area contributed by atoms with Crippen molar-refractivity contribution >= 4 is 11.9 Å². The van der Waals surface area contributed by atoms with E-state index in [1.807, 2.05) is 0 Å². The van der Waals surface area contributed by atoms with Gasteiger partial charge in [0.15, 0.2) is 0 Å². The lowest BCUT2D eigenvalue weighted by Crippen LogP contribution is -2.43. The van der Waals surface area contributed by atoms with Gasteiger partial charge in [-0.1, -0.05) is 141 Å². The van der Waals surface area contributed by atoms with Crippen LogP contribution in [0, 0.1) is 0 Å². The molecule has 0 rings (SSSR count). The summed E-state index contributed by atoms with van der Waals surface area (Å²) >= 11 is 0. The van der Waals surface area contributed by atoms with E-state index in [4.69, 9.17) is 20.9 Å². The minimum atomic E-state index is -0.550. The third kappa shape index (κ3) is 36.1. The number of carbonyl (C=O) groups is 2. The van der Waals surface area contributed by atoms with Crippen LogP contribution in [0.15, 0.2) is 24.3 Å². The van der Waals surface area contributed by atoms with E-state index in [-0.39, 0.29) is 11.9 Å². The Hall–Kier alpha value is -1.66. The molecule has 0 fully saturated rings. The maximum atomic E-state index is 12.3. The highest BCUT2D eigenvalue weighted by atomic mass is 16.5. The summed E-state index contributed by atoms with van der Waals surface area (Å²) in [6.45, 7) is 5.69. The van der Waals surface area contributed by atoms with E-state index in [0.29, 0.717) is 45.4 Å². The second-order valence-electron chi connectivity index (χ2n) is 14.9. The van der Waals surface area contributed by atoms with Gasteiger partial charge in [-0.15, -0.1) is 0 Å². The van der Waals surface area contributed by atoms with Crippen LogP contribution in [0.5, 0.6) is 0 Å². The molecule has 0 aliphatic rings.